The summed E-state index contributed by atoms with van der Waals surface area (Å²) in [6, 6.07) is 0. The van der Waals surface area contributed by atoms with Crippen molar-refractivity contribution in [1.82, 2.24) is 4.90 Å². The average molecular weight is 211 g/mol. The van der Waals surface area contributed by atoms with Crippen molar-refractivity contribution in [3.8, 4) is 0 Å². The summed E-state index contributed by atoms with van der Waals surface area (Å²) >= 11 is 0. The summed E-state index contributed by atoms with van der Waals surface area (Å²) in [6.45, 7) is 9.16. The van der Waals surface area contributed by atoms with Gasteiger partial charge in [-0.15, -0.1) is 0 Å². The third-order valence-corrected chi connectivity index (χ3v) is 3.04. The minimum Gasteiger partial charge on any atom is -0.400 e. The van der Waals surface area contributed by atoms with E-state index >= 15 is 0 Å². The minimum absolute atomic E-state index is 0.213. The Hall–Kier alpha value is -0.315. The zero-order chi connectivity index (χ0) is 11.7. The molecule has 15 heavy (non-hydrogen) atoms. The molecule has 0 amide bonds. The summed E-state index contributed by atoms with van der Waals surface area (Å²) in [7, 11) is 3.86. The highest BCUT2D eigenvalue weighted by Gasteiger charge is 2.49. The first kappa shape index (κ1) is 12.8. The predicted molar refractivity (Wildman–Crippen MR) is 63.8 cm³/mol. The third-order valence-electron chi connectivity index (χ3n) is 3.04. The number of hydrogen-bond donors (Lipinski definition) is 0. The number of likely N-dealkylation sites (N-methyl/N-ethyl adjacent to an activating group) is 1. The molecule has 1 aliphatic heterocycles. The van der Waals surface area contributed by atoms with E-state index in [1.54, 1.807) is 0 Å². The van der Waals surface area contributed by atoms with E-state index in [1.165, 1.54) is 0 Å². The van der Waals surface area contributed by atoms with Gasteiger partial charge in [0.25, 0.3) is 0 Å². The molecule has 0 bridgehead atoms. The molecule has 0 radical (unpaired) electrons. The van der Waals surface area contributed by atoms with Gasteiger partial charge in [0.15, 0.2) is 0 Å². The molecule has 3 nitrogen and oxygen atoms in total. The highest BCUT2D eigenvalue weighted by Crippen LogP contribution is 2.36. The van der Waals surface area contributed by atoms with Crippen LogP contribution in [0.5, 0.6) is 0 Å². The van der Waals surface area contributed by atoms with Crippen LogP contribution in [0.15, 0.2) is 12.1 Å². The second-order valence-electron chi connectivity index (χ2n) is 5.32. The summed E-state index contributed by atoms with van der Waals surface area (Å²) in [5, 5.41) is 0. The molecule has 0 aromatic rings. The fraction of sp³-hybridized carbons (Fsp3) is 0.818. The van der Waals surface area contributed by atoms with Gasteiger partial charge in [0.2, 0.25) is 0 Å². The maximum absolute atomic E-state index is 5.82. The van der Waals surface area contributed by atoms with Crippen molar-refractivity contribution in [3.05, 3.63) is 12.1 Å². The molecule has 0 aromatic heterocycles. The van der Waals surface area contributed by atoms with Crippen molar-refractivity contribution in [2.75, 3.05) is 20.6 Å². The molecule has 0 spiro atoms. The van der Waals surface area contributed by atoms with Gasteiger partial charge in [-0.25, -0.2) is 0 Å². The second-order valence-corrected chi connectivity index (χ2v) is 5.32. The maximum atomic E-state index is 5.82. The summed E-state index contributed by atoms with van der Waals surface area (Å²) in [4.78, 5) is 2.10. The lowest BCUT2D eigenvalue weighted by molar-refractivity contribution is 0.00578. The summed E-state index contributed by atoms with van der Waals surface area (Å²) in [5.74, 6) is 1.98. The van der Waals surface area contributed by atoms with E-state index in [4.69, 9.17) is 9.31 Å². The van der Waals surface area contributed by atoms with Gasteiger partial charge in [-0.1, -0.05) is 12.1 Å². The van der Waals surface area contributed by atoms with Gasteiger partial charge in [-0.3, -0.25) is 0 Å². The van der Waals surface area contributed by atoms with Gasteiger partial charge < -0.3 is 14.2 Å². The number of nitrogens with zero attached hydrogens (tertiary/aromatic N) is 1. The molecule has 1 rings (SSSR count). The molecule has 1 saturated heterocycles. The molecule has 0 saturated carbocycles. The Morgan fingerprint density at radius 2 is 1.53 bits per heavy atom. The lowest BCUT2D eigenvalue weighted by Gasteiger charge is -2.32. The molecule has 1 heterocycles. The molecule has 1 aliphatic rings. The first-order chi connectivity index (χ1) is 6.74. The van der Waals surface area contributed by atoms with Crippen molar-refractivity contribution in [1.29, 1.82) is 0 Å². The van der Waals surface area contributed by atoms with Crippen molar-refractivity contribution in [2.24, 2.45) is 0 Å². The van der Waals surface area contributed by atoms with Gasteiger partial charge in [0, 0.05) is 6.54 Å². The van der Waals surface area contributed by atoms with E-state index in [9.17, 15) is 0 Å². The molecule has 0 aromatic carbocycles. The van der Waals surface area contributed by atoms with Crippen LogP contribution in [0.2, 0.25) is 0 Å². The Balaban J connectivity index is 2.52. The van der Waals surface area contributed by atoms with Crippen molar-refractivity contribution in [3.63, 3.8) is 0 Å². The Labute approximate surface area is 93.6 Å². The van der Waals surface area contributed by atoms with E-state index in [0.29, 0.717) is 0 Å². The Morgan fingerprint density at radius 3 is 1.93 bits per heavy atom. The SMILES string of the molecule is CN(C)CC=CB1OC(C)(C)C(C)(C)O1. The van der Waals surface area contributed by atoms with Crippen LogP contribution in [0, 0.1) is 0 Å². The van der Waals surface area contributed by atoms with Crippen molar-refractivity contribution < 1.29 is 9.31 Å². The van der Waals surface area contributed by atoms with Crippen LogP contribution in [0.1, 0.15) is 27.7 Å². The van der Waals surface area contributed by atoms with Crippen LogP contribution >= 0.6 is 0 Å². The fourth-order valence-corrected chi connectivity index (χ4v) is 1.35. The van der Waals surface area contributed by atoms with Gasteiger partial charge in [-0.2, -0.15) is 0 Å². The van der Waals surface area contributed by atoms with Gasteiger partial charge in [0.1, 0.15) is 0 Å². The Morgan fingerprint density at radius 1 is 1.07 bits per heavy atom. The zero-order valence-corrected chi connectivity index (χ0v) is 10.7. The van der Waals surface area contributed by atoms with Crippen LogP contribution in [0.25, 0.3) is 0 Å². The van der Waals surface area contributed by atoms with E-state index in [1.807, 2.05) is 20.1 Å². The average Bonchev–Trinajstić information content (AvgIpc) is 2.19. The van der Waals surface area contributed by atoms with Crippen LogP contribution in [-0.4, -0.2) is 43.9 Å². The maximum Gasteiger partial charge on any atom is 0.486 e. The first-order valence-corrected chi connectivity index (χ1v) is 5.42. The second kappa shape index (κ2) is 4.28. The van der Waals surface area contributed by atoms with Gasteiger partial charge in [0.05, 0.1) is 11.2 Å². The van der Waals surface area contributed by atoms with Crippen molar-refractivity contribution >= 4 is 7.12 Å². The molecule has 0 N–H and O–H groups in total. The normalized spacial score (nSPS) is 24.3. The third kappa shape index (κ3) is 3.07. The summed E-state index contributed by atoms with van der Waals surface area (Å²) < 4.78 is 11.6. The lowest BCUT2D eigenvalue weighted by Crippen LogP contribution is -2.41. The molecule has 86 valence electrons. The number of hydrogen-bond acceptors (Lipinski definition) is 3. The fourth-order valence-electron chi connectivity index (χ4n) is 1.35. The predicted octanol–water partition coefficient (Wildman–Crippen LogP) is 1.74. The molecular formula is C11H22BNO2. The highest BCUT2D eigenvalue weighted by atomic mass is 16.7. The lowest BCUT2D eigenvalue weighted by atomic mass is 9.90. The smallest absolute Gasteiger partial charge is 0.400 e. The molecule has 4 heteroatoms. The molecule has 0 unspecified atom stereocenters. The van der Waals surface area contributed by atoms with Crippen molar-refractivity contribution in [2.45, 2.75) is 38.9 Å². The Bertz CT molecular complexity index is 233. The monoisotopic (exact) mass is 211 g/mol. The molecule has 1 fully saturated rings. The summed E-state index contributed by atoms with van der Waals surface area (Å²) in [6.07, 6.45) is 2.07. The summed E-state index contributed by atoms with van der Waals surface area (Å²) in [5.41, 5.74) is -0.472. The Kier molecular flexibility index (Phi) is 3.64. The van der Waals surface area contributed by atoms with Crippen LogP contribution < -0.4 is 0 Å². The largest absolute Gasteiger partial charge is 0.486 e. The quantitative estimate of drug-likeness (QED) is 0.663. The van der Waals surface area contributed by atoms with Gasteiger partial charge >= 0.3 is 7.12 Å². The zero-order valence-electron chi connectivity index (χ0n) is 10.7. The van der Waals surface area contributed by atoms with E-state index < -0.39 is 0 Å². The standard InChI is InChI=1S/C11H22BNO2/c1-10(2)11(3,4)15-12(14-10)8-7-9-13(5)6/h7-8H,9H2,1-6H3. The van der Waals surface area contributed by atoms with Crippen LogP contribution in [0.4, 0.5) is 0 Å². The van der Waals surface area contributed by atoms with Gasteiger partial charge in [-0.05, 0) is 41.8 Å². The van der Waals surface area contributed by atoms with E-state index in [-0.39, 0.29) is 18.3 Å². The van der Waals surface area contributed by atoms with E-state index in [2.05, 4.69) is 38.7 Å². The first-order valence-electron chi connectivity index (χ1n) is 5.42. The van der Waals surface area contributed by atoms with Crippen LogP contribution in [0.3, 0.4) is 0 Å². The highest BCUT2D eigenvalue weighted by molar-refractivity contribution is 6.51. The minimum atomic E-state index is -0.236. The van der Waals surface area contributed by atoms with Crippen LogP contribution in [-0.2, 0) is 9.31 Å². The molecule has 0 atom stereocenters. The molecular weight excluding hydrogens is 189 g/mol. The topological polar surface area (TPSA) is 21.7 Å². The molecule has 0 aliphatic carbocycles. The number of rotatable bonds is 3. The van der Waals surface area contributed by atoms with E-state index in [0.717, 1.165) is 6.54 Å².